The molecule has 15 nitrogen and oxygen atoms in total. The number of fused-ring (bicyclic) bond motifs is 5. The molecular formula is C49H50N8O7. The molecule has 2 amide bonds. The van der Waals surface area contributed by atoms with Crippen LogP contribution in [0.1, 0.15) is 78.8 Å². The summed E-state index contributed by atoms with van der Waals surface area (Å²) in [6, 6.07) is 22.8. The summed E-state index contributed by atoms with van der Waals surface area (Å²) in [6.45, 7) is 8.79. The Morgan fingerprint density at radius 1 is 0.938 bits per heavy atom. The summed E-state index contributed by atoms with van der Waals surface area (Å²) in [7, 11) is 1.73. The average molecular weight is 863 g/mol. The van der Waals surface area contributed by atoms with Crippen molar-refractivity contribution >= 4 is 50.9 Å². The second kappa shape index (κ2) is 17.5. The van der Waals surface area contributed by atoms with Crippen molar-refractivity contribution in [3.8, 4) is 28.6 Å². The fraction of sp³-hybridized carbons (Fsp3) is 0.306. The predicted octanol–water partition coefficient (Wildman–Crippen LogP) is 7.31. The number of hydrogen-bond acceptors (Lipinski definition) is 11. The Kier molecular flexibility index (Phi) is 11.5. The zero-order chi connectivity index (χ0) is 44.6. The first kappa shape index (κ1) is 42.1. The van der Waals surface area contributed by atoms with Crippen LogP contribution in [0.15, 0.2) is 91.5 Å². The van der Waals surface area contributed by atoms with E-state index in [9.17, 15) is 24.6 Å². The molecule has 3 aromatic carbocycles. The molecule has 0 radical (unpaired) electrons. The second-order valence-corrected chi connectivity index (χ2v) is 16.9. The third-order valence-corrected chi connectivity index (χ3v) is 12.2. The Hall–Kier alpha value is -7.26. The molecule has 15 heteroatoms. The summed E-state index contributed by atoms with van der Waals surface area (Å²) in [5, 5.41) is 34.7. The smallest absolute Gasteiger partial charge is 0.313 e. The lowest BCUT2D eigenvalue weighted by Crippen LogP contribution is -2.41. The van der Waals surface area contributed by atoms with Gasteiger partial charge in [0.15, 0.2) is 11.6 Å². The van der Waals surface area contributed by atoms with Gasteiger partial charge in [0.2, 0.25) is 11.7 Å². The van der Waals surface area contributed by atoms with Crippen molar-refractivity contribution in [2.75, 3.05) is 33.2 Å². The number of esters is 1. The van der Waals surface area contributed by atoms with Crippen LogP contribution in [0.3, 0.4) is 0 Å². The van der Waals surface area contributed by atoms with Crippen molar-refractivity contribution < 1.29 is 34.1 Å². The van der Waals surface area contributed by atoms with Gasteiger partial charge in [-0.1, -0.05) is 44.2 Å². The first-order chi connectivity index (χ1) is 30.9. The number of benzene rings is 3. The summed E-state index contributed by atoms with van der Waals surface area (Å²) >= 11 is 0. The first-order valence-electron chi connectivity index (χ1n) is 21.7. The minimum absolute atomic E-state index is 0.0118. The van der Waals surface area contributed by atoms with Crippen LogP contribution in [0.25, 0.3) is 50.2 Å². The standard InChI is InChI=1S/C49H50N8O7/c1-5-50-48(61)47-53-52-46(38-21-36(29(2)3)41(58)23-42(38)59)57(47)35-12-10-30(11-13-35)24-55-18-14-31(15-19-55)49(62)54(4)17-16-44(60)64-43-28-63-27-34-26-56-25-33-20-32-8-6-7-9-39(32)51-45(33)40(56)22-37(34)43/h6-13,20-23,25-26,28-29,31,58-59H,5,14-19,24,27H2,1-4H3,(H,50,61). The first-order valence-corrected chi connectivity index (χ1v) is 21.7. The van der Waals surface area contributed by atoms with E-state index in [2.05, 4.69) is 26.5 Å². The number of rotatable bonds is 12. The lowest BCUT2D eigenvalue weighted by molar-refractivity contribution is -0.139. The van der Waals surface area contributed by atoms with Gasteiger partial charge in [-0.3, -0.25) is 23.9 Å². The maximum atomic E-state index is 13.5. The topological polar surface area (TPSA) is 177 Å². The van der Waals surface area contributed by atoms with Crippen LogP contribution < -0.4 is 5.32 Å². The number of phenols is 2. The zero-order valence-electron chi connectivity index (χ0n) is 36.2. The molecule has 4 aromatic heterocycles. The van der Waals surface area contributed by atoms with Gasteiger partial charge in [0, 0.05) is 78.6 Å². The van der Waals surface area contributed by atoms with Gasteiger partial charge in [-0.25, -0.2) is 4.98 Å². The molecule has 64 heavy (non-hydrogen) atoms. The van der Waals surface area contributed by atoms with Gasteiger partial charge in [0.1, 0.15) is 24.4 Å². The minimum Gasteiger partial charge on any atom is -0.508 e. The number of carbonyl (C=O) groups excluding carboxylic acids is 3. The van der Waals surface area contributed by atoms with Crippen LogP contribution in [0, 0.1) is 5.92 Å². The van der Waals surface area contributed by atoms with Crippen molar-refractivity contribution in [3.05, 3.63) is 120 Å². The number of para-hydroxylation sites is 1. The summed E-state index contributed by atoms with van der Waals surface area (Å²) in [6.07, 6.45) is 6.93. The summed E-state index contributed by atoms with van der Waals surface area (Å²) in [5.41, 5.74) is 6.99. The highest BCUT2D eigenvalue weighted by Gasteiger charge is 2.29. The van der Waals surface area contributed by atoms with E-state index in [1.165, 1.54) is 12.3 Å². The van der Waals surface area contributed by atoms with Crippen LogP contribution in [0.5, 0.6) is 11.5 Å². The quantitative estimate of drug-likeness (QED) is 0.105. The Morgan fingerprint density at radius 3 is 2.48 bits per heavy atom. The fourth-order valence-corrected chi connectivity index (χ4v) is 8.71. The van der Waals surface area contributed by atoms with Gasteiger partial charge in [0.05, 0.1) is 28.5 Å². The van der Waals surface area contributed by atoms with Crippen molar-refractivity contribution in [1.29, 1.82) is 0 Å². The molecule has 3 N–H and O–H groups in total. The number of pyridine rings is 2. The molecule has 0 atom stereocenters. The highest BCUT2D eigenvalue weighted by atomic mass is 16.6. The second-order valence-electron chi connectivity index (χ2n) is 16.9. The van der Waals surface area contributed by atoms with Crippen LogP contribution >= 0.6 is 0 Å². The SMILES string of the molecule is CCNC(=O)c1nnc(-c2cc(C(C)C)c(O)cc2O)n1-c1ccc(CN2CCC(C(=O)N(C)CCC(=O)OC3=COCc4cn5cc6cc7ccccc7nc6c5cc43)CC2)cc1. The highest BCUT2D eigenvalue weighted by molar-refractivity contribution is 6.01. The van der Waals surface area contributed by atoms with Gasteiger partial charge < -0.3 is 34.3 Å². The summed E-state index contributed by atoms with van der Waals surface area (Å²) in [5.74, 6) is -0.564. The van der Waals surface area contributed by atoms with Gasteiger partial charge in [0.25, 0.3) is 5.91 Å². The molecule has 2 aliphatic rings. The highest BCUT2D eigenvalue weighted by Crippen LogP contribution is 2.38. The third kappa shape index (κ3) is 8.21. The van der Waals surface area contributed by atoms with Crippen LogP contribution in [-0.4, -0.2) is 95.2 Å². The molecule has 0 bridgehead atoms. The number of hydrogen-bond donors (Lipinski definition) is 3. The monoisotopic (exact) mass is 862 g/mol. The lowest BCUT2D eigenvalue weighted by Gasteiger charge is -2.33. The molecule has 1 fully saturated rings. The van der Waals surface area contributed by atoms with Crippen LogP contribution in [0.4, 0.5) is 0 Å². The van der Waals surface area contributed by atoms with E-state index in [1.54, 1.807) is 22.6 Å². The van der Waals surface area contributed by atoms with E-state index in [1.807, 2.05) is 92.2 Å². The van der Waals surface area contributed by atoms with Crippen LogP contribution in [-0.2, 0) is 32.2 Å². The number of ether oxygens (including phenoxy) is 2. The van der Waals surface area contributed by atoms with E-state index < -0.39 is 11.9 Å². The Labute approximate surface area is 369 Å². The van der Waals surface area contributed by atoms with Gasteiger partial charge in [-0.05, 0) is 86.3 Å². The maximum Gasteiger partial charge on any atom is 0.313 e. The average Bonchev–Trinajstić information content (AvgIpc) is 3.88. The van der Waals surface area contributed by atoms with E-state index in [4.69, 9.17) is 14.5 Å². The molecule has 0 unspecified atom stereocenters. The third-order valence-electron chi connectivity index (χ3n) is 12.2. The normalized spacial score (nSPS) is 14.4. The molecule has 0 spiro atoms. The Bertz CT molecular complexity index is 2960. The maximum absolute atomic E-state index is 13.5. The molecule has 6 heterocycles. The molecule has 2 aliphatic heterocycles. The number of likely N-dealkylation sites (tertiary alicyclic amines) is 1. The molecule has 9 rings (SSSR count). The summed E-state index contributed by atoms with van der Waals surface area (Å²) < 4.78 is 15.2. The number of nitrogens with zero attached hydrogens (tertiary/aromatic N) is 7. The zero-order valence-corrected chi connectivity index (χ0v) is 36.2. The van der Waals surface area contributed by atoms with Gasteiger partial charge in [-0.2, -0.15) is 0 Å². The minimum atomic E-state index is -0.452. The number of phenolic OH excluding ortho intramolecular Hbond substituents is 2. The van der Waals surface area contributed by atoms with E-state index >= 15 is 0 Å². The molecule has 328 valence electrons. The number of aromatic hydroxyl groups is 2. The van der Waals surface area contributed by atoms with Crippen LogP contribution in [0.2, 0.25) is 0 Å². The van der Waals surface area contributed by atoms with Crippen molar-refractivity contribution in [3.63, 3.8) is 0 Å². The van der Waals surface area contributed by atoms with Gasteiger partial charge >= 0.3 is 5.97 Å². The fourth-order valence-electron chi connectivity index (χ4n) is 8.71. The largest absolute Gasteiger partial charge is 0.508 e. The number of amides is 2. The molecule has 7 aromatic rings. The Morgan fingerprint density at radius 2 is 1.72 bits per heavy atom. The molecular weight excluding hydrogens is 813 g/mol. The van der Waals surface area contributed by atoms with Crippen molar-refractivity contribution in [2.45, 2.75) is 59.1 Å². The predicted molar refractivity (Wildman–Crippen MR) is 242 cm³/mol. The van der Waals surface area contributed by atoms with E-state index in [0.717, 1.165) is 57.1 Å². The van der Waals surface area contributed by atoms with E-state index in [0.29, 0.717) is 55.1 Å². The summed E-state index contributed by atoms with van der Waals surface area (Å²) in [4.78, 5) is 48.7. The lowest BCUT2D eigenvalue weighted by atomic mass is 9.95. The molecule has 0 saturated carbocycles. The molecule has 0 aliphatic carbocycles. The number of piperidine rings is 1. The van der Waals surface area contributed by atoms with Crippen molar-refractivity contribution in [1.82, 2.24) is 39.3 Å². The number of nitrogens with one attached hydrogen (secondary N) is 1. The molecule has 1 saturated heterocycles. The van der Waals surface area contributed by atoms with Crippen molar-refractivity contribution in [2.24, 2.45) is 5.92 Å². The van der Waals surface area contributed by atoms with Gasteiger partial charge in [-0.15, -0.1) is 10.2 Å². The number of aromatic nitrogens is 5. The Balaban J connectivity index is 0.799. The number of carbonyl (C=O) groups is 3. The van der Waals surface area contributed by atoms with E-state index in [-0.39, 0.29) is 53.9 Å².